The summed E-state index contributed by atoms with van der Waals surface area (Å²) in [7, 11) is 1.84. The largest absolute Gasteiger partial charge is 0.377 e. The van der Waals surface area contributed by atoms with Gasteiger partial charge in [-0.15, -0.1) is 0 Å². The van der Waals surface area contributed by atoms with Crippen LogP contribution in [0, 0.1) is 0 Å². The van der Waals surface area contributed by atoms with Crippen LogP contribution in [0.1, 0.15) is 19.3 Å². The molecule has 2 aliphatic heterocycles. The number of nitrogens with one attached hydrogen (secondary N) is 2. The molecule has 0 radical (unpaired) electrons. The van der Waals surface area contributed by atoms with E-state index in [-0.39, 0.29) is 0 Å². The van der Waals surface area contributed by atoms with Gasteiger partial charge in [0.2, 0.25) is 0 Å². The summed E-state index contributed by atoms with van der Waals surface area (Å²) < 4.78 is 6.51. The smallest absolute Gasteiger partial charge is 0.191 e. The SMILES string of the molecule is CN=C(NCCC1=CCOCC1)NC1CCN(c2ccccc2Br)C1. The highest BCUT2D eigenvalue weighted by molar-refractivity contribution is 9.10. The summed E-state index contributed by atoms with van der Waals surface area (Å²) in [6.07, 6.45) is 5.42. The van der Waals surface area contributed by atoms with Gasteiger partial charge in [0.05, 0.1) is 18.9 Å². The highest BCUT2D eigenvalue weighted by atomic mass is 79.9. The number of halogens is 1. The lowest BCUT2D eigenvalue weighted by molar-refractivity contribution is 0.153. The van der Waals surface area contributed by atoms with Gasteiger partial charge in [-0.05, 0) is 47.3 Å². The highest BCUT2D eigenvalue weighted by Crippen LogP contribution is 2.28. The molecule has 0 aliphatic carbocycles. The number of benzene rings is 1. The number of nitrogens with zero attached hydrogens (tertiary/aromatic N) is 2. The number of guanidine groups is 1. The molecule has 1 aromatic carbocycles. The summed E-state index contributed by atoms with van der Waals surface area (Å²) in [6.45, 7) is 4.57. The first-order chi connectivity index (χ1) is 12.3. The first kappa shape index (κ1) is 18.3. The predicted octanol–water partition coefficient (Wildman–Crippen LogP) is 2.93. The average Bonchev–Trinajstić information content (AvgIpc) is 3.10. The van der Waals surface area contributed by atoms with Crippen LogP contribution in [0.2, 0.25) is 0 Å². The van der Waals surface area contributed by atoms with Crippen molar-refractivity contribution in [2.75, 3.05) is 44.8 Å². The Morgan fingerprint density at radius 2 is 2.28 bits per heavy atom. The Labute approximate surface area is 158 Å². The Bertz CT molecular complexity index is 632. The molecule has 1 fully saturated rings. The van der Waals surface area contributed by atoms with E-state index in [0.717, 1.165) is 62.5 Å². The van der Waals surface area contributed by atoms with Crippen LogP contribution in [0.3, 0.4) is 0 Å². The van der Waals surface area contributed by atoms with E-state index in [1.165, 1.54) is 11.3 Å². The van der Waals surface area contributed by atoms with Gasteiger partial charge in [0, 0.05) is 37.2 Å². The second-order valence-electron chi connectivity index (χ2n) is 6.46. The van der Waals surface area contributed by atoms with Crippen LogP contribution >= 0.6 is 15.9 Å². The number of ether oxygens (including phenoxy) is 1. The molecule has 1 unspecified atom stereocenters. The van der Waals surface area contributed by atoms with Crippen LogP contribution in [0.15, 0.2) is 45.4 Å². The van der Waals surface area contributed by atoms with Gasteiger partial charge in [-0.25, -0.2) is 0 Å². The molecular weight excluding hydrogens is 380 g/mol. The van der Waals surface area contributed by atoms with Gasteiger partial charge < -0.3 is 20.3 Å². The van der Waals surface area contributed by atoms with Crippen molar-refractivity contribution in [3.8, 4) is 0 Å². The van der Waals surface area contributed by atoms with Crippen molar-refractivity contribution in [1.82, 2.24) is 10.6 Å². The van der Waals surface area contributed by atoms with Crippen molar-refractivity contribution >= 4 is 27.6 Å². The Balaban J connectivity index is 1.45. The minimum atomic E-state index is 0.417. The number of aliphatic imine (C=N–C) groups is 1. The minimum absolute atomic E-state index is 0.417. The number of anilines is 1. The second-order valence-corrected chi connectivity index (χ2v) is 7.32. The van der Waals surface area contributed by atoms with Gasteiger partial charge >= 0.3 is 0 Å². The van der Waals surface area contributed by atoms with Gasteiger partial charge in [-0.2, -0.15) is 0 Å². The molecule has 1 atom stereocenters. The van der Waals surface area contributed by atoms with E-state index < -0.39 is 0 Å². The molecule has 0 amide bonds. The van der Waals surface area contributed by atoms with Crippen LogP contribution in [0.4, 0.5) is 5.69 Å². The highest BCUT2D eigenvalue weighted by Gasteiger charge is 2.24. The van der Waals surface area contributed by atoms with Gasteiger partial charge in [0.25, 0.3) is 0 Å². The topological polar surface area (TPSA) is 48.9 Å². The molecule has 0 aromatic heterocycles. The lowest BCUT2D eigenvalue weighted by atomic mass is 10.1. The molecule has 0 spiro atoms. The van der Waals surface area contributed by atoms with Crippen LogP contribution < -0.4 is 15.5 Å². The maximum atomic E-state index is 5.35. The van der Waals surface area contributed by atoms with E-state index in [2.05, 4.69) is 66.8 Å². The molecule has 2 heterocycles. The average molecular weight is 407 g/mol. The zero-order valence-corrected chi connectivity index (χ0v) is 16.4. The molecule has 2 aliphatic rings. The Morgan fingerprint density at radius 3 is 3.04 bits per heavy atom. The predicted molar refractivity (Wildman–Crippen MR) is 107 cm³/mol. The summed E-state index contributed by atoms with van der Waals surface area (Å²) in [5.74, 6) is 0.895. The van der Waals surface area contributed by atoms with Crippen LogP contribution in [-0.4, -0.2) is 51.9 Å². The number of hydrogen-bond donors (Lipinski definition) is 2. The lowest BCUT2D eigenvalue weighted by Crippen LogP contribution is -2.45. The molecule has 0 saturated carbocycles. The van der Waals surface area contributed by atoms with Crippen molar-refractivity contribution in [2.24, 2.45) is 4.99 Å². The van der Waals surface area contributed by atoms with Crippen LogP contribution in [0.5, 0.6) is 0 Å². The normalized spacial score (nSPS) is 21.2. The molecule has 3 rings (SSSR count). The van der Waals surface area contributed by atoms with Gasteiger partial charge in [-0.3, -0.25) is 4.99 Å². The van der Waals surface area contributed by atoms with Crippen LogP contribution in [0.25, 0.3) is 0 Å². The van der Waals surface area contributed by atoms with E-state index in [4.69, 9.17) is 4.74 Å². The number of hydrogen-bond acceptors (Lipinski definition) is 3. The first-order valence-corrected chi connectivity index (χ1v) is 9.78. The molecule has 136 valence electrons. The minimum Gasteiger partial charge on any atom is -0.377 e. The van der Waals surface area contributed by atoms with Crippen molar-refractivity contribution in [1.29, 1.82) is 0 Å². The van der Waals surface area contributed by atoms with Crippen LogP contribution in [-0.2, 0) is 4.74 Å². The van der Waals surface area contributed by atoms with E-state index in [1.807, 2.05) is 7.05 Å². The summed E-state index contributed by atoms with van der Waals surface area (Å²) in [5.41, 5.74) is 2.75. The Morgan fingerprint density at radius 1 is 1.40 bits per heavy atom. The van der Waals surface area contributed by atoms with Gasteiger partial charge in [0.1, 0.15) is 0 Å². The zero-order valence-electron chi connectivity index (χ0n) is 14.8. The third-order valence-electron chi connectivity index (χ3n) is 4.74. The standard InChI is InChI=1S/C19H27BrN4O/c1-21-19(22-10-6-15-8-12-25-13-9-15)23-16-7-11-24(14-16)18-5-3-2-4-17(18)20/h2-5,8,16H,6-7,9-14H2,1H3,(H2,21,22,23). The van der Waals surface area contributed by atoms with E-state index >= 15 is 0 Å². The molecule has 5 nitrogen and oxygen atoms in total. The molecule has 1 saturated heterocycles. The summed E-state index contributed by atoms with van der Waals surface area (Å²) in [6, 6.07) is 8.83. The fraction of sp³-hybridized carbons (Fsp3) is 0.526. The molecule has 1 aromatic rings. The fourth-order valence-electron chi connectivity index (χ4n) is 3.33. The third-order valence-corrected chi connectivity index (χ3v) is 5.41. The summed E-state index contributed by atoms with van der Waals surface area (Å²) in [4.78, 5) is 6.79. The first-order valence-electron chi connectivity index (χ1n) is 8.98. The number of para-hydroxylation sites is 1. The van der Waals surface area contributed by atoms with E-state index in [0.29, 0.717) is 6.04 Å². The Hall–Kier alpha value is -1.53. The van der Waals surface area contributed by atoms with Gasteiger partial charge in [0.15, 0.2) is 5.96 Å². The van der Waals surface area contributed by atoms with Crippen molar-refractivity contribution in [3.63, 3.8) is 0 Å². The fourth-order valence-corrected chi connectivity index (χ4v) is 3.86. The van der Waals surface area contributed by atoms with Crippen molar-refractivity contribution in [3.05, 3.63) is 40.4 Å². The maximum Gasteiger partial charge on any atom is 0.191 e. The molecular formula is C19H27BrN4O. The molecule has 25 heavy (non-hydrogen) atoms. The Kier molecular flexibility index (Phi) is 6.76. The molecule has 0 bridgehead atoms. The van der Waals surface area contributed by atoms with Gasteiger partial charge in [-0.1, -0.05) is 23.8 Å². The summed E-state index contributed by atoms with van der Waals surface area (Å²) >= 11 is 3.65. The van der Waals surface area contributed by atoms with Crippen molar-refractivity contribution < 1.29 is 4.74 Å². The third kappa shape index (κ3) is 5.22. The molecule has 6 heteroatoms. The quantitative estimate of drug-likeness (QED) is 0.448. The second kappa shape index (κ2) is 9.25. The number of rotatable bonds is 5. The summed E-state index contributed by atoms with van der Waals surface area (Å²) in [5, 5.41) is 7.00. The maximum absolute atomic E-state index is 5.35. The van der Waals surface area contributed by atoms with E-state index in [1.54, 1.807) is 0 Å². The lowest BCUT2D eigenvalue weighted by Gasteiger charge is -2.21. The zero-order chi connectivity index (χ0) is 17.5. The van der Waals surface area contributed by atoms with Crippen molar-refractivity contribution in [2.45, 2.75) is 25.3 Å². The van der Waals surface area contributed by atoms with E-state index in [9.17, 15) is 0 Å². The molecule has 2 N–H and O–H groups in total. The monoisotopic (exact) mass is 406 g/mol.